The van der Waals surface area contributed by atoms with Crippen LogP contribution in [-0.2, 0) is 15.5 Å². The zero-order valence-electron chi connectivity index (χ0n) is 10.0. The van der Waals surface area contributed by atoms with E-state index in [1.54, 1.807) is 11.0 Å². The predicted molar refractivity (Wildman–Crippen MR) is 69.4 cm³/mol. The molecule has 0 unspecified atom stereocenters. The minimum Gasteiger partial charge on any atom is -0.338 e. The smallest absolute Gasteiger partial charge is 0.261 e. The molecule has 0 radical (unpaired) electrons. The zero-order chi connectivity index (χ0) is 13.3. The summed E-state index contributed by atoms with van der Waals surface area (Å²) in [6.45, 7) is 3.38. The second-order valence-electron chi connectivity index (χ2n) is 4.30. The summed E-state index contributed by atoms with van der Waals surface area (Å²) in [4.78, 5) is 13.9. The summed E-state index contributed by atoms with van der Waals surface area (Å²) in [5.74, 6) is -0.111. The number of hydrogen-bond donors (Lipinski definition) is 0. The van der Waals surface area contributed by atoms with Gasteiger partial charge in [-0.3, -0.25) is 4.79 Å². The van der Waals surface area contributed by atoms with Crippen molar-refractivity contribution in [2.75, 3.05) is 13.1 Å². The maximum absolute atomic E-state index is 12.2. The van der Waals surface area contributed by atoms with Crippen molar-refractivity contribution in [1.82, 2.24) is 4.90 Å². The average Bonchev–Trinajstić information content (AvgIpc) is 2.31. The van der Waals surface area contributed by atoms with Gasteiger partial charge in [-0.25, -0.2) is 8.42 Å². The summed E-state index contributed by atoms with van der Waals surface area (Å²) in [5, 5.41) is 0. The SMILES string of the molecule is CCCN1CCc2ccc(S(=O)(=O)Cl)cc2C1=O. The molecular weight excluding hydrogens is 274 g/mol. The summed E-state index contributed by atoms with van der Waals surface area (Å²) in [5.41, 5.74) is 1.34. The molecule has 0 fully saturated rings. The molecule has 0 atom stereocenters. The number of nitrogens with zero attached hydrogens (tertiary/aromatic N) is 1. The molecule has 1 amide bonds. The molecule has 1 aromatic carbocycles. The van der Waals surface area contributed by atoms with E-state index >= 15 is 0 Å². The molecule has 18 heavy (non-hydrogen) atoms. The lowest BCUT2D eigenvalue weighted by molar-refractivity contribution is 0.0739. The van der Waals surface area contributed by atoms with Gasteiger partial charge >= 0.3 is 0 Å². The van der Waals surface area contributed by atoms with Crippen molar-refractivity contribution in [3.63, 3.8) is 0 Å². The molecule has 0 aliphatic carbocycles. The fraction of sp³-hybridized carbons (Fsp3) is 0.417. The number of carbonyl (C=O) groups excluding carboxylic acids is 1. The van der Waals surface area contributed by atoms with E-state index < -0.39 is 9.05 Å². The summed E-state index contributed by atoms with van der Waals surface area (Å²) in [6.07, 6.45) is 1.64. The van der Waals surface area contributed by atoms with Crippen molar-refractivity contribution in [1.29, 1.82) is 0 Å². The van der Waals surface area contributed by atoms with Gasteiger partial charge in [-0.1, -0.05) is 13.0 Å². The first-order valence-electron chi connectivity index (χ1n) is 5.80. The Morgan fingerprint density at radius 3 is 2.72 bits per heavy atom. The first-order chi connectivity index (χ1) is 8.43. The van der Waals surface area contributed by atoms with Gasteiger partial charge in [-0.2, -0.15) is 0 Å². The maximum Gasteiger partial charge on any atom is 0.261 e. The Bertz CT molecular complexity index is 583. The van der Waals surface area contributed by atoms with Gasteiger partial charge in [0.15, 0.2) is 0 Å². The van der Waals surface area contributed by atoms with Crippen LogP contribution in [-0.4, -0.2) is 32.3 Å². The summed E-state index contributed by atoms with van der Waals surface area (Å²) in [7, 11) is 1.51. The van der Waals surface area contributed by atoms with Crippen LogP contribution in [0.1, 0.15) is 29.3 Å². The van der Waals surface area contributed by atoms with Crippen LogP contribution in [0.15, 0.2) is 23.1 Å². The second-order valence-corrected chi connectivity index (χ2v) is 6.86. The van der Waals surface area contributed by atoms with Crippen LogP contribution >= 0.6 is 10.7 Å². The quantitative estimate of drug-likeness (QED) is 0.799. The minimum atomic E-state index is -3.79. The van der Waals surface area contributed by atoms with Crippen molar-refractivity contribution in [2.45, 2.75) is 24.7 Å². The molecule has 0 saturated carbocycles. The van der Waals surface area contributed by atoms with Gasteiger partial charge < -0.3 is 4.90 Å². The molecule has 0 saturated heterocycles. The minimum absolute atomic E-state index is 0.0189. The molecular formula is C12H14ClNO3S. The third kappa shape index (κ3) is 2.52. The maximum atomic E-state index is 12.2. The van der Waals surface area contributed by atoms with Gasteiger partial charge in [-0.15, -0.1) is 0 Å². The van der Waals surface area contributed by atoms with Crippen molar-refractivity contribution >= 4 is 25.6 Å². The van der Waals surface area contributed by atoms with Gasteiger partial charge in [0.25, 0.3) is 15.0 Å². The van der Waals surface area contributed by atoms with E-state index in [9.17, 15) is 13.2 Å². The highest BCUT2D eigenvalue weighted by Crippen LogP contribution is 2.24. The summed E-state index contributed by atoms with van der Waals surface area (Å²) >= 11 is 0. The highest BCUT2D eigenvalue weighted by Gasteiger charge is 2.25. The number of hydrogen-bond acceptors (Lipinski definition) is 3. The fourth-order valence-electron chi connectivity index (χ4n) is 2.13. The Morgan fingerprint density at radius 2 is 2.11 bits per heavy atom. The van der Waals surface area contributed by atoms with Gasteiger partial charge in [0, 0.05) is 29.3 Å². The third-order valence-corrected chi connectivity index (χ3v) is 4.38. The van der Waals surface area contributed by atoms with E-state index in [4.69, 9.17) is 10.7 Å². The highest BCUT2D eigenvalue weighted by molar-refractivity contribution is 8.13. The lowest BCUT2D eigenvalue weighted by Gasteiger charge is -2.28. The Morgan fingerprint density at radius 1 is 1.39 bits per heavy atom. The van der Waals surface area contributed by atoms with Crippen LogP contribution in [0, 0.1) is 0 Å². The molecule has 6 heteroatoms. The van der Waals surface area contributed by atoms with E-state index in [0.717, 1.165) is 18.4 Å². The molecule has 1 aromatic rings. The monoisotopic (exact) mass is 287 g/mol. The largest absolute Gasteiger partial charge is 0.338 e. The molecule has 1 aliphatic heterocycles. The number of halogens is 1. The number of benzene rings is 1. The first kappa shape index (κ1) is 13.4. The lowest BCUT2D eigenvalue weighted by Crippen LogP contribution is -2.38. The Balaban J connectivity index is 2.43. The zero-order valence-corrected chi connectivity index (χ0v) is 11.6. The Labute approximate surface area is 111 Å². The standard InChI is InChI=1S/C12H14ClNO3S/c1-2-6-14-7-5-9-3-4-10(18(13,16)17)8-11(9)12(14)15/h3-4,8H,2,5-7H2,1H3. The first-order valence-corrected chi connectivity index (χ1v) is 8.11. The normalized spacial score (nSPS) is 15.7. The summed E-state index contributed by atoms with van der Waals surface area (Å²) in [6, 6.07) is 4.50. The van der Waals surface area contributed by atoms with Crippen molar-refractivity contribution < 1.29 is 13.2 Å². The molecule has 0 bridgehead atoms. The van der Waals surface area contributed by atoms with Gasteiger partial charge in [0.1, 0.15) is 0 Å². The lowest BCUT2D eigenvalue weighted by atomic mass is 9.99. The molecule has 0 aromatic heterocycles. The molecule has 2 rings (SSSR count). The van der Waals surface area contributed by atoms with Crippen molar-refractivity contribution in [2.24, 2.45) is 0 Å². The van der Waals surface area contributed by atoms with Crippen LogP contribution in [0.2, 0.25) is 0 Å². The molecule has 4 nitrogen and oxygen atoms in total. The second kappa shape index (κ2) is 4.90. The van der Waals surface area contributed by atoms with Crippen molar-refractivity contribution in [3.8, 4) is 0 Å². The number of carbonyl (C=O) groups is 1. The number of fused-ring (bicyclic) bond motifs is 1. The average molecular weight is 288 g/mol. The van der Waals surface area contributed by atoms with Crippen molar-refractivity contribution in [3.05, 3.63) is 29.3 Å². The Hall–Kier alpha value is -1.07. The van der Waals surface area contributed by atoms with Crippen LogP contribution in [0.5, 0.6) is 0 Å². The van der Waals surface area contributed by atoms with Gasteiger partial charge in [0.05, 0.1) is 4.90 Å². The van der Waals surface area contributed by atoms with E-state index in [-0.39, 0.29) is 10.8 Å². The highest BCUT2D eigenvalue weighted by atomic mass is 35.7. The van der Waals surface area contributed by atoms with Crippen LogP contribution in [0.25, 0.3) is 0 Å². The molecule has 0 spiro atoms. The molecule has 98 valence electrons. The Kier molecular flexibility index (Phi) is 3.64. The van der Waals surface area contributed by atoms with E-state index in [1.165, 1.54) is 12.1 Å². The predicted octanol–water partition coefficient (Wildman–Crippen LogP) is 2.02. The third-order valence-electron chi connectivity index (χ3n) is 3.03. The molecule has 0 N–H and O–H groups in total. The van der Waals surface area contributed by atoms with E-state index in [0.29, 0.717) is 18.7 Å². The van der Waals surface area contributed by atoms with Crippen LogP contribution in [0.4, 0.5) is 0 Å². The fourth-order valence-corrected chi connectivity index (χ4v) is 2.91. The number of rotatable bonds is 3. The number of amides is 1. The van der Waals surface area contributed by atoms with Gasteiger partial charge in [0.2, 0.25) is 0 Å². The summed E-state index contributed by atoms with van der Waals surface area (Å²) < 4.78 is 22.5. The van der Waals surface area contributed by atoms with E-state index in [2.05, 4.69) is 0 Å². The molecule has 1 aliphatic rings. The van der Waals surface area contributed by atoms with Gasteiger partial charge in [-0.05, 0) is 30.5 Å². The molecule has 1 heterocycles. The van der Waals surface area contributed by atoms with Crippen LogP contribution < -0.4 is 0 Å². The topological polar surface area (TPSA) is 54.5 Å². The van der Waals surface area contributed by atoms with E-state index in [1.807, 2.05) is 6.92 Å². The van der Waals surface area contributed by atoms with Crippen LogP contribution in [0.3, 0.4) is 0 Å².